The van der Waals surface area contributed by atoms with Crippen LogP contribution in [0.15, 0.2) is 35.3 Å². The first-order valence-corrected chi connectivity index (χ1v) is 6.97. The van der Waals surface area contributed by atoms with Gasteiger partial charge in [0.25, 0.3) is 5.91 Å². The van der Waals surface area contributed by atoms with Gasteiger partial charge in [-0.15, -0.1) is 0 Å². The number of aromatic nitrogens is 3. The largest absolute Gasteiger partial charge is 0.396 e. The predicted octanol–water partition coefficient (Wildman–Crippen LogP) is 1.53. The van der Waals surface area contributed by atoms with Crippen LogP contribution >= 0.6 is 15.9 Å². The summed E-state index contributed by atoms with van der Waals surface area (Å²) in [6.45, 7) is 1.89. The molecule has 1 heterocycles. The smallest absolute Gasteiger partial charge is 0.253 e. The van der Waals surface area contributed by atoms with Crippen LogP contribution in [0.3, 0.4) is 0 Å². The molecule has 0 bridgehead atoms. The fraction of sp³-hybridized carbons (Fsp3) is 0.308. The molecule has 1 aromatic carbocycles. The lowest BCUT2D eigenvalue weighted by atomic mass is 10.1. The molecular weight excluding hydrogens is 324 g/mol. The minimum atomic E-state index is -0.205. The number of hydrogen-bond donors (Lipinski definition) is 2. The van der Waals surface area contributed by atoms with Crippen molar-refractivity contribution in [1.82, 2.24) is 20.1 Å². The van der Waals surface area contributed by atoms with Crippen LogP contribution < -0.4 is 5.32 Å². The van der Waals surface area contributed by atoms with Crippen LogP contribution in [0.5, 0.6) is 0 Å². The summed E-state index contributed by atoms with van der Waals surface area (Å²) in [5.41, 5.74) is 1.15. The number of amides is 1. The third-order valence-corrected chi connectivity index (χ3v) is 3.30. The molecule has 20 heavy (non-hydrogen) atoms. The molecule has 2 N–H and O–H groups in total. The quantitative estimate of drug-likeness (QED) is 0.866. The standard InChI is InChI=1S/C13H15BrN4O2/c1-9(4-5-19)17-13(20)11-3-2-10(14)6-12(11)18-8-15-7-16-18/h2-3,6-9,19H,4-5H2,1H3,(H,17,20). The topological polar surface area (TPSA) is 80.0 Å². The van der Waals surface area contributed by atoms with Crippen LogP contribution in [0.4, 0.5) is 0 Å². The molecule has 0 radical (unpaired) electrons. The highest BCUT2D eigenvalue weighted by Crippen LogP contribution is 2.20. The number of hydrogen-bond acceptors (Lipinski definition) is 4. The zero-order valence-electron chi connectivity index (χ0n) is 11.0. The van der Waals surface area contributed by atoms with Gasteiger partial charge in [-0.05, 0) is 31.5 Å². The highest BCUT2D eigenvalue weighted by Gasteiger charge is 2.15. The van der Waals surface area contributed by atoms with Crippen molar-refractivity contribution in [2.45, 2.75) is 19.4 Å². The average molecular weight is 339 g/mol. The summed E-state index contributed by atoms with van der Waals surface area (Å²) < 4.78 is 2.39. The molecule has 2 aromatic rings. The zero-order chi connectivity index (χ0) is 14.5. The number of nitrogens with one attached hydrogen (secondary N) is 1. The maximum Gasteiger partial charge on any atom is 0.253 e. The first-order valence-electron chi connectivity index (χ1n) is 6.18. The van der Waals surface area contributed by atoms with Crippen LogP contribution in [0.1, 0.15) is 23.7 Å². The van der Waals surface area contributed by atoms with Crippen molar-refractivity contribution >= 4 is 21.8 Å². The zero-order valence-corrected chi connectivity index (χ0v) is 12.5. The monoisotopic (exact) mass is 338 g/mol. The molecule has 0 saturated carbocycles. The van der Waals surface area contributed by atoms with Crippen molar-refractivity contribution < 1.29 is 9.90 Å². The number of carbonyl (C=O) groups is 1. The number of rotatable bonds is 5. The highest BCUT2D eigenvalue weighted by molar-refractivity contribution is 9.10. The number of halogens is 1. The summed E-state index contributed by atoms with van der Waals surface area (Å²) in [5.74, 6) is -0.205. The van der Waals surface area contributed by atoms with E-state index in [-0.39, 0.29) is 18.6 Å². The predicted molar refractivity (Wildman–Crippen MR) is 77.7 cm³/mol. The van der Waals surface area contributed by atoms with Crippen molar-refractivity contribution in [2.24, 2.45) is 0 Å². The molecule has 0 aliphatic carbocycles. The molecule has 0 saturated heterocycles. The summed E-state index contributed by atoms with van der Waals surface area (Å²) >= 11 is 3.38. The maximum absolute atomic E-state index is 12.3. The normalized spacial score (nSPS) is 12.2. The van der Waals surface area contributed by atoms with Gasteiger partial charge in [-0.1, -0.05) is 15.9 Å². The van der Waals surface area contributed by atoms with Gasteiger partial charge >= 0.3 is 0 Å². The Morgan fingerprint density at radius 3 is 3.00 bits per heavy atom. The number of nitrogens with zero attached hydrogens (tertiary/aromatic N) is 3. The number of carbonyl (C=O) groups excluding carboxylic acids is 1. The van der Waals surface area contributed by atoms with E-state index in [0.717, 1.165) is 4.47 Å². The Kier molecular flexibility index (Phi) is 4.86. The van der Waals surface area contributed by atoms with E-state index in [0.29, 0.717) is 17.7 Å². The molecule has 1 atom stereocenters. The van der Waals surface area contributed by atoms with Gasteiger partial charge in [-0.2, -0.15) is 5.10 Å². The van der Waals surface area contributed by atoms with Gasteiger partial charge in [0.1, 0.15) is 12.7 Å². The van der Waals surface area contributed by atoms with Crippen molar-refractivity contribution in [2.75, 3.05) is 6.61 Å². The van der Waals surface area contributed by atoms with Crippen molar-refractivity contribution in [3.63, 3.8) is 0 Å². The van der Waals surface area contributed by atoms with Crippen LogP contribution in [-0.2, 0) is 0 Å². The van der Waals surface area contributed by atoms with Crippen molar-refractivity contribution in [3.05, 3.63) is 40.9 Å². The molecule has 0 aliphatic rings. The number of aliphatic hydroxyl groups is 1. The number of benzene rings is 1. The lowest BCUT2D eigenvalue weighted by molar-refractivity contribution is 0.0934. The summed E-state index contributed by atoms with van der Waals surface area (Å²) in [5, 5.41) is 15.8. The second kappa shape index (κ2) is 6.62. The van der Waals surface area contributed by atoms with E-state index in [1.165, 1.54) is 17.3 Å². The van der Waals surface area contributed by atoms with E-state index in [1.807, 2.05) is 6.92 Å². The molecular formula is C13H15BrN4O2. The lowest BCUT2D eigenvalue weighted by Crippen LogP contribution is -2.33. The summed E-state index contributed by atoms with van der Waals surface area (Å²) in [6.07, 6.45) is 3.47. The minimum absolute atomic E-state index is 0.0394. The van der Waals surface area contributed by atoms with Crippen LogP contribution in [0, 0.1) is 0 Å². The SMILES string of the molecule is CC(CCO)NC(=O)c1ccc(Br)cc1-n1cncn1. The Balaban J connectivity index is 2.29. The van der Waals surface area contributed by atoms with Crippen molar-refractivity contribution in [3.8, 4) is 5.69 Å². The average Bonchev–Trinajstić information content (AvgIpc) is 2.92. The summed E-state index contributed by atoms with van der Waals surface area (Å²) in [6, 6.07) is 5.23. The first kappa shape index (κ1) is 14.7. The van der Waals surface area contributed by atoms with Crippen molar-refractivity contribution in [1.29, 1.82) is 0 Å². The summed E-state index contributed by atoms with van der Waals surface area (Å²) in [7, 11) is 0. The molecule has 1 unspecified atom stereocenters. The Bertz CT molecular complexity index is 586. The molecule has 0 fully saturated rings. The van der Waals surface area contributed by atoms with Crippen LogP contribution in [0.25, 0.3) is 5.69 Å². The van der Waals surface area contributed by atoms with E-state index in [9.17, 15) is 4.79 Å². The van der Waals surface area contributed by atoms with E-state index < -0.39 is 0 Å². The summed E-state index contributed by atoms with van der Waals surface area (Å²) in [4.78, 5) is 16.2. The molecule has 7 heteroatoms. The third-order valence-electron chi connectivity index (χ3n) is 2.81. The fourth-order valence-corrected chi connectivity index (χ4v) is 2.14. The molecule has 6 nitrogen and oxygen atoms in total. The van der Waals surface area contributed by atoms with Gasteiger partial charge in [0, 0.05) is 17.1 Å². The second-order valence-corrected chi connectivity index (χ2v) is 5.30. The molecule has 1 amide bonds. The molecule has 106 valence electrons. The van der Waals surface area contributed by atoms with Gasteiger partial charge in [0.15, 0.2) is 0 Å². The molecule has 0 aliphatic heterocycles. The molecule has 0 spiro atoms. The van der Waals surface area contributed by atoms with E-state index in [2.05, 4.69) is 31.3 Å². The fourth-order valence-electron chi connectivity index (χ4n) is 1.79. The van der Waals surface area contributed by atoms with E-state index >= 15 is 0 Å². The second-order valence-electron chi connectivity index (χ2n) is 4.39. The van der Waals surface area contributed by atoms with Crippen LogP contribution in [0.2, 0.25) is 0 Å². The number of aliphatic hydroxyl groups excluding tert-OH is 1. The molecule has 2 rings (SSSR count). The lowest BCUT2D eigenvalue weighted by Gasteiger charge is -2.14. The Hall–Kier alpha value is -1.73. The minimum Gasteiger partial charge on any atom is -0.396 e. The van der Waals surface area contributed by atoms with Gasteiger partial charge < -0.3 is 10.4 Å². The first-order chi connectivity index (χ1) is 9.61. The Labute approximate surface area is 125 Å². The Morgan fingerprint density at radius 1 is 1.55 bits per heavy atom. The van der Waals surface area contributed by atoms with Gasteiger partial charge in [0.05, 0.1) is 11.3 Å². The van der Waals surface area contributed by atoms with E-state index in [1.54, 1.807) is 18.2 Å². The van der Waals surface area contributed by atoms with Gasteiger partial charge in [-0.25, -0.2) is 9.67 Å². The van der Waals surface area contributed by atoms with Crippen LogP contribution in [-0.4, -0.2) is 38.4 Å². The highest BCUT2D eigenvalue weighted by atomic mass is 79.9. The van der Waals surface area contributed by atoms with Gasteiger partial charge in [0.2, 0.25) is 0 Å². The Morgan fingerprint density at radius 2 is 2.35 bits per heavy atom. The maximum atomic E-state index is 12.3. The third kappa shape index (κ3) is 3.43. The molecule has 1 aromatic heterocycles. The van der Waals surface area contributed by atoms with Gasteiger partial charge in [-0.3, -0.25) is 4.79 Å². The van der Waals surface area contributed by atoms with E-state index in [4.69, 9.17) is 5.11 Å².